The Balaban J connectivity index is 1.11. The van der Waals surface area contributed by atoms with Crippen LogP contribution in [-0.4, -0.2) is 54.5 Å². The molecule has 4 heterocycles. The Labute approximate surface area is 175 Å². The highest BCUT2D eigenvalue weighted by molar-refractivity contribution is 7.20. The Bertz CT molecular complexity index is 806. The summed E-state index contributed by atoms with van der Waals surface area (Å²) in [7, 11) is 0. The number of aromatic nitrogens is 1. The van der Waals surface area contributed by atoms with Crippen molar-refractivity contribution in [2.45, 2.75) is 38.5 Å². The number of carbonyl (C=O) groups is 2. The van der Waals surface area contributed by atoms with Gasteiger partial charge in [0.2, 0.25) is 5.91 Å². The van der Waals surface area contributed by atoms with Crippen LogP contribution in [0.15, 0.2) is 24.5 Å². The van der Waals surface area contributed by atoms with Crippen molar-refractivity contribution in [2.24, 2.45) is 11.8 Å². The molecule has 0 saturated carbocycles. The van der Waals surface area contributed by atoms with E-state index in [1.54, 1.807) is 12.4 Å². The number of hydrogen-bond acceptors (Lipinski definition) is 5. The molecule has 2 aromatic heterocycles. The van der Waals surface area contributed by atoms with E-state index in [0.29, 0.717) is 25.0 Å². The van der Waals surface area contributed by atoms with Crippen LogP contribution in [0.2, 0.25) is 0 Å². The average Bonchev–Trinajstić information content (AvgIpc) is 3.43. The van der Waals surface area contributed by atoms with Crippen molar-refractivity contribution >= 4 is 33.2 Å². The molecule has 1 N–H and O–H groups in total. The van der Waals surface area contributed by atoms with Crippen molar-refractivity contribution in [3.05, 3.63) is 29.4 Å². The molecule has 0 bridgehead atoms. The van der Waals surface area contributed by atoms with Crippen LogP contribution in [0.4, 0.5) is 0 Å². The predicted molar refractivity (Wildman–Crippen MR) is 114 cm³/mol. The molecule has 1 unspecified atom stereocenters. The third-order valence-electron chi connectivity index (χ3n) is 6.08. The summed E-state index contributed by atoms with van der Waals surface area (Å²) in [4.78, 5) is 31.7. The zero-order chi connectivity index (χ0) is 20.1. The van der Waals surface area contributed by atoms with E-state index in [-0.39, 0.29) is 11.8 Å². The van der Waals surface area contributed by atoms with Crippen LogP contribution in [0.1, 0.15) is 48.2 Å². The fourth-order valence-electron chi connectivity index (χ4n) is 4.27. The number of likely N-dealkylation sites (tertiary alicyclic amines) is 1. The largest absolute Gasteiger partial charge is 0.381 e. The maximum absolute atomic E-state index is 12.4. The minimum atomic E-state index is 0.00825. The maximum atomic E-state index is 12.4. The highest BCUT2D eigenvalue weighted by atomic mass is 32.1. The summed E-state index contributed by atoms with van der Waals surface area (Å²) in [5.41, 5.74) is 0. The fourth-order valence-corrected chi connectivity index (χ4v) is 5.22. The second-order valence-corrected chi connectivity index (χ2v) is 9.19. The van der Waals surface area contributed by atoms with Crippen LogP contribution in [-0.2, 0) is 9.53 Å². The van der Waals surface area contributed by atoms with Gasteiger partial charge in [-0.1, -0.05) is 12.8 Å². The van der Waals surface area contributed by atoms with Crippen LogP contribution in [0.3, 0.4) is 0 Å². The molecule has 1 atom stereocenters. The molecule has 0 aliphatic carbocycles. The van der Waals surface area contributed by atoms with Crippen LogP contribution < -0.4 is 5.32 Å². The van der Waals surface area contributed by atoms with Crippen molar-refractivity contribution in [1.29, 1.82) is 0 Å². The number of nitrogens with zero attached hydrogens (tertiary/aromatic N) is 2. The molecule has 6 nitrogen and oxygen atoms in total. The van der Waals surface area contributed by atoms with Crippen LogP contribution in [0, 0.1) is 11.8 Å². The molecule has 2 aromatic rings. The zero-order valence-corrected chi connectivity index (χ0v) is 17.6. The van der Waals surface area contributed by atoms with Gasteiger partial charge in [0.1, 0.15) is 0 Å². The first kappa shape index (κ1) is 20.3. The van der Waals surface area contributed by atoms with E-state index < -0.39 is 0 Å². The van der Waals surface area contributed by atoms with E-state index in [1.165, 1.54) is 17.8 Å². The van der Waals surface area contributed by atoms with Gasteiger partial charge >= 0.3 is 0 Å². The van der Waals surface area contributed by atoms with Gasteiger partial charge in [-0.2, -0.15) is 0 Å². The van der Waals surface area contributed by atoms with E-state index in [9.17, 15) is 9.59 Å². The Morgan fingerprint density at radius 3 is 2.86 bits per heavy atom. The third kappa shape index (κ3) is 5.14. The molecular formula is C22H29N3O3S. The lowest BCUT2D eigenvalue weighted by molar-refractivity contribution is -0.136. The van der Waals surface area contributed by atoms with E-state index in [1.807, 2.05) is 17.0 Å². The SMILES string of the molecule is O=C(NCCCCC1CCN(C(=O)C2CCOC2)CC1)c1cc2ccncc2s1. The van der Waals surface area contributed by atoms with Crippen LogP contribution in [0.25, 0.3) is 10.1 Å². The number of rotatable bonds is 7. The first-order valence-electron chi connectivity index (χ1n) is 10.7. The molecule has 2 aliphatic rings. The number of fused-ring (bicyclic) bond motifs is 1. The summed E-state index contributed by atoms with van der Waals surface area (Å²) < 4.78 is 6.39. The Morgan fingerprint density at radius 1 is 1.24 bits per heavy atom. The third-order valence-corrected chi connectivity index (χ3v) is 7.16. The lowest BCUT2D eigenvalue weighted by Gasteiger charge is -2.33. The van der Waals surface area contributed by atoms with Gasteiger partial charge in [0.25, 0.3) is 5.91 Å². The van der Waals surface area contributed by atoms with Gasteiger partial charge < -0.3 is 15.0 Å². The molecule has 4 rings (SSSR count). The van der Waals surface area contributed by atoms with Gasteiger partial charge in [-0.15, -0.1) is 11.3 Å². The average molecular weight is 416 g/mol. The highest BCUT2D eigenvalue weighted by Gasteiger charge is 2.30. The van der Waals surface area contributed by atoms with Gasteiger partial charge in [0, 0.05) is 38.6 Å². The molecule has 0 spiro atoms. The van der Waals surface area contributed by atoms with Crippen molar-refractivity contribution in [3.8, 4) is 0 Å². The van der Waals surface area contributed by atoms with Gasteiger partial charge in [-0.05, 0) is 49.1 Å². The normalized spacial score (nSPS) is 20.3. The summed E-state index contributed by atoms with van der Waals surface area (Å²) in [6, 6.07) is 3.87. The highest BCUT2D eigenvalue weighted by Crippen LogP contribution is 2.26. The minimum absolute atomic E-state index is 0.00825. The molecular weight excluding hydrogens is 386 g/mol. The van der Waals surface area contributed by atoms with Crippen molar-refractivity contribution in [1.82, 2.24) is 15.2 Å². The number of pyridine rings is 1. The van der Waals surface area contributed by atoms with E-state index in [2.05, 4.69) is 10.3 Å². The lowest BCUT2D eigenvalue weighted by Crippen LogP contribution is -2.42. The van der Waals surface area contributed by atoms with E-state index >= 15 is 0 Å². The topological polar surface area (TPSA) is 71.5 Å². The first-order chi connectivity index (χ1) is 14.2. The van der Waals surface area contributed by atoms with Gasteiger partial charge in [0.15, 0.2) is 0 Å². The monoisotopic (exact) mass is 415 g/mol. The lowest BCUT2D eigenvalue weighted by atomic mass is 9.91. The van der Waals surface area contributed by atoms with Crippen molar-refractivity contribution < 1.29 is 14.3 Å². The predicted octanol–water partition coefficient (Wildman–Crippen LogP) is 3.47. The molecule has 2 aliphatic heterocycles. The second-order valence-electron chi connectivity index (χ2n) is 8.11. The Kier molecular flexibility index (Phi) is 6.77. The number of thiophene rings is 1. The fraction of sp³-hybridized carbons (Fsp3) is 0.591. The van der Waals surface area contributed by atoms with Gasteiger partial charge in [-0.3, -0.25) is 14.6 Å². The standard InChI is InChI=1S/C22H29N3O3S/c26-21(19-13-17-4-9-23-14-20(17)29-19)24-8-2-1-3-16-5-10-25(11-6-16)22(27)18-7-12-28-15-18/h4,9,13-14,16,18H,1-3,5-8,10-12,15H2,(H,24,26). The number of ether oxygens (including phenoxy) is 1. The number of nitrogens with one attached hydrogen (secondary N) is 1. The summed E-state index contributed by atoms with van der Waals surface area (Å²) in [6.45, 7) is 3.81. The molecule has 0 radical (unpaired) electrons. The number of unbranched alkanes of at least 4 members (excludes halogenated alkanes) is 1. The van der Waals surface area contributed by atoms with E-state index in [0.717, 1.165) is 66.8 Å². The van der Waals surface area contributed by atoms with Crippen molar-refractivity contribution in [3.63, 3.8) is 0 Å². The Hall–Kier alpha value is -1.99. The first-order valence-corrected chi connectivity index (χ1v) is 11.5. The molecule has 0 aromatic carbocycles. The van der Waals surface area contributed by atoms with Crippen molar-refractivity contribution in [2.75, 3.05) is 32.8 Å². The summed E-state index contributed by atoms with van der Waals surface area (Å²) in [5, 5.41) is 4.11. The van der Waals surface area contributed by atoms with E-state index in [4.69, 9.17) is 4.74 Å². The molecule has 2 fully saturated rings. The second kappa shape index (κ2) is 9.67. The minimum Gasteiger partial charge on any atom is -0.381 e. The quantitative estimate of drug-likeness (QED) is 0.703. The van der Waals surface area contributed by atoms with Crippen LogP contribution >= 0.6 is 11.3 Å². The summed E-state index contributed by atoms with van der Waals surface area (Å²) in [5.74, 6) is 1.09. The summed E-state index contributed by atoms with van der Waals surface area (Å²) in [6.07, 6.45) is 9.92. The number of amides is 2. The molecule has 29 heavy (non-hydrogen) atoms. The number of carbonyl (C=O) groups excluding carboxylic acids is 2. The zero-order valence-electron chi connectivity index (χ0n) is 16.8. The number of piperidine rings is 1. The van der Waals surface area contributed by atoms with Gasteiger partial charge in [-0.25, -0.2) is 0 Å². The number of hydrogen-bond donors (Lipinski definition) is 1. The van der Waals surface area contributed by atoms with Crippen LogP contribution in [0.5, 0.6) is 0 Å². The maximum Gasteiger partial charge on any atom is 0.261 e. The molecule has 2 saturated heterocycles. The Morgan fingerprint density at radius 2 is 2.10 bits per heavy atom. The van der Waals surface area contributed by atoms with Gasteiger partial charge in [0.05, 0.1) is 22.1 Å². The summed E-state index contributed by atoms with van der Waals surface area (Å²) >= 11 is 1.49. The molecule has 7 heteroatoms. The molecule has 156 valence electrons. The molecule has 2 amide bonds. The smallest absolute Gasteiger partial charge is 0.261 e.